The van der Waals surface area contributed by atoms with Gasteiger partial charge in [0, 0.05) is 23.3 Å². The van der Waals surface area contributed by atoms with Gasteiger partial charge in [0.2, 0.25) is 0 Å². The van der Waals surface area contributed by atoms with E-state index in [0.717, 1.165) is 18.4 Å². The highest BCUT2D eigenvalue weighted by molar-refractivity contribution is 6.31. The van der Waals surface area contributed by atoms with Crippen LogP contribution in [0.25, 0.3) is 0 Å². The molecule has 1 saturated carbocycles. The van der Waals surface area contributed by atoms with E-state index < -0.39 is 12.0 Å². The maximum Gasteiger partial charge on any atom is 0.326 e. The van der Waals surface area contributed by atoms with Gasteiger partial charge in [0.1, 0.15) is 6.04 Å². The van der Waals surface area contributed by atoms with Crippen LogP contribution < -0.4 is 5.56 Å². The van der Waals surface area contributed by atoms with Crippen LogP contribution in [0.3, 0.4) is 0 Å². The lowest BCUT2D eigenvalue weighted by atomic mass is 10.1. The standard InChI is InChI=1S/C19H19ClN2O4/c1-12(19(25)26)22(15-7-8-15)18(24)14-6-9-17(23)21(11-14)10-13-4-2-3-5-16(13)20/h2-6,9,11-12,15H,7-8,10H2,1H3,(H,25,26). The summed E-state index contributed by atoms with van der Waals surface area (Å²) >= 11 is 6.15. The van der Waals surface area contributed by atoms with Crippen LogP contribution in [0.4, 0.5) is 0 Å². The van der Waals surface area contributed by atoms with Gasteiger partial charge in [-0.25, -0.2) is 4.79 Å². The van der Waals surface area contributed by atoms with Crippen molar-refractivity contribution in [3.63, 3.8) is 0 Å². The van der Waals surface area contributed by atoms with Gasteiger partial charge in [0.15, 0.2) is 0 Å². The van der Waals surface area contributed by atoms with Gasteiger partial charge in [-0.1, -0.05) is 29.8 Å². The third-order valence-corrected chi connectivity index (χ3v) is 4.85. The van der Waals surface area contributed by atoms with Crippen molar-refractivity contribution < 1.29 is 14.7 Å². The lowest BCUT2D eigenvalue weighted by Gasteiger charge is -2.26. The quantitative estimate of drug-likeness (QED) is 0.842. The van der Waals surface area contributed by atoms with Crippen molar-refractivity contribution in [3.8, 4) is 0 Å². The number of carboxylic acids is 1. The molecule has 1 amide bonds. The Bertz CT molecular complexity index is 904. The van der Waals surface area contributed by atoms with Crippen molar-refractivity contribution in [2.45, 2.75) is 38.4 Å². The predicted octanol–water partition coefficient (Wildman–Crippen LogP) is 2.63. The summed E-state index contributed by atoms with van der Waals surface area (Å²) in [6.07, 6.45) is 3.06. The molecule has 136 valence electrons. The number of nitrogens with zero attached hydrogens (tertiary/aromatic N) is 2. The van der Waals surface area contributed by atoms with E-state index in [9.17, 15) is 19.5 Å². The molecule has 0 saturated heterocycles. The highest BCUT2D eigenvalue weighted by Gasteiger charge is 2.38. The SMILES string of the molecule is CC(C(=O)O)N(C(=O)c1ccc(=O)n(Cc2ccccc2Cl)c1)C1CC1. The second kappa shape index (κ2) is 7.33. The fourth-order valence-corrected chi connectivity index (χ4v) is 3.07. The summed E-state index contributed by atoms with van der Waals surface area (Å²) in [5.41, 5.74) is 0.793. The van der Waals surface area contributed by atoms with Crippen LogP contribution >= 0.6 is 11.6 Å². The molecule has 0 aliphatic heterocycles. The number of benzene rings is 1. The molecule has 3 rings (SSSR count). The lowest BCUT2D eigenvalue weighted by Crippen LogP contribution is -2.45. The molecule has 1 aromatic carbocycles. The zero-order valence-corrected chi connectivity index (χ0v) is 15.0. The Morgan fingerprint density at radius 3 is 2.58 bits per heavy atom. The Morgan fingerprint density at radius 1 is 1.27 bits per heavy atom. The zero-order valence-electron chi connectivity index (χ0n) is 14.3. The monoisotopic (exact) mass is 374 g/mol. The number of carbonyl (C=O) groups is 2. The van der Waals surface area contributed by atoms with E-state index in [2.05, 4.69) is 0 Å². The summed E-state index contributed by atoms with van der Waals surface area (Å²) in [5, 5.41) is 9.82. The second-order valence-electron chi connectivity index (χ2n) is 6.43. The number of hydrogen-bond donors (Lipinski definition) is 1. The summed E-state index contributed by atoms with van der Waals surface area (Å²) in [6.45, 7) is 1.73. The molecule has 1 aromatic heterocycles. The molecule has 1 N–H and O–H groups in total. The lowest BCUT2D eigenvalue weighted by molar-refractivity contribution is -0.141. The Hall–Kier alpha value is -2.60. The number of pyridine rings is 1. The molecule has 2 aromatic rings. The first-order valence-corrected chi connectivity index (χ1v) is 8.75. The fraction of sp³-hybridized carbons (Fsp3) is 0.316. The van der Waals surface area contributed by atoms with Crippen molar-refractivity contribution in [2.75, 3.05) is 0 Å². The van der Waals surface area contributed by atoms with Gasteiger partial charge < -0.3 is 14.6 Å². The van der Waals surface area contributed by atoms with E-state index in [4.69, 9.17) is 11.6 Å². The fourth-order valence-electron chi connectivity index (χ4n) is 2.87. The van der Waals surface area contributed by atoms with Gasteiger partial charge in [0.25, 0.3) is 11.5 Å². The molecular formula is C19H19ClN2O4. The van der Waals surface area contributed by atoms with E-state index in [-0.39, 0.29) is 29.6 Å². The number of rotatable bonds is 6. The average molecular weight is 375 g/mol. The molecule has 6 nitrogen and oxygen atoms in total. The number of carboxylic acid groups (broad SMARTS) is 1. The van der Waals surface area contributed by atoms with E-state index in [1.165, 1.54) is 34.7 Å². The molecule has 1 fully saturated rings. The number of halogens is 1. The molecule has 1 atom stereocenters. The smallest absolute Gasteiger partial charge is 0.326 e. The number of carbonyl (C=O) groups excluding carboxylic acids is 1. The minimum atomic E-state index is -1.05. The highest BCUT2D eigenvalue weighted by Crippen LogP contribution is 2.30. The maximum atomic E-state index is 12.9. The van der Waals surface area contributed by atoms with Gasteiger partial charge in [-0.3, -0.25) is 9.59 Å². The van der Waals surface area contributed by atoms with E-state index in [1.54, 1.807) is 12.1 Å². The maximum absolute atomic E-state index is 12.9. The molecule has 1 unspecified atom stereocenters. The molecule has 1 aliphatic carbocycles. The predicted molar refractivity (Wildman–Crippen MR) is 97.5 cm³/mol. The van der Waals surface area contributed by atoms with Crippen LogP contribution in [0.15, 0.2) is 47.4 Å². The van der Waals surface area contributed by atoms with E-state index >= 15 is 0 Å². The molecule has 0 spiro atoms. The normalized spacial score (nSPS) is 14.7. The van der Waals surface area contributed by atoms with Crippen LogP contribution in [0, 0.1) is 0 Å². The van der Waals surface area contributed by atoms with Crippen LogP contribution in [-0.4, -0.2) is 38.5 Å². The van der Waals surface area contributed by atoms with Crippen LogP contribution in [0.2, 0.25) is 5.02 Å². The Morgan fingerprint density at radius 2 is 1.96 bits per heavy atom. The number of hydrogen-bond acceptors (Lipinski definition) is 3. The largest absolute Gasteiger partial charge is 0.480 e. The minimum absolute atomic E-state index is 0.0578. The summed E-state index contributed by atoms with van der Waals surface area (Å²) in [4.78, 5) is 37.8. The third-order valence-electron chi connectivity index (χ3n) is 4.48. The first-order chi connectivity index (χ1) is 12.4. The first-order valence-electron chi connectivity index (χ1n) is 8.38. The Kier molecular flexibility index (Phi) is 5.13. The number of aromatic nitrogens is 1. The topological polar surface area (TPSA) is 79.6 Å². The Balaban J connectivity index is 1.91. The van der Waals surface area contributed by atoms with E-state index in [1.807, 2.05) is 12.1 Å². The van der Waals surface area contributed by atoms with Crippen molar-refractivity contribution in [3.05, 3.63) is 69.1 Å². The zero-order chi connectivity index (χ0) is 18.8. The van der Waals surface area contributed by atoms with Gasteiger partial charge in [-0.15, -0.1) is 0 Å². The van der Waals surface area contributed by atoms with Crippen LogP contribution in [0.5, 0.6) is 0 Å². The molecule has 26 heavy (non-hydrogen) atoms. The first kappa shape index (κ1) is 18.2. The average Bonchev–Trinajstić information content (AvgIpc) is 3.43. The molecule has 0 radical (unpaired) electrons. The molecule has 1 aliphatic rings. The Labute approximate surface area is 155 Å². The van der Waals surface area contributed by atoms with Crippen molar-refractivity contribution in [2.24, 2.45) is 0 Å². The van der Waals surface area contributed by atoms with Crippen LogP contribution in [-0.2, 0) is 11.3 Å². The summed E-state index contributed by atoms with van der Waals surface area (Å²) < 4.78 is 1.41. The van der Waals surface area contributed by atoms with Gasteiger partial charge >= 0.3 is 5.97 Å². The summed E-state index contributed by atoms with van der Waals surface area (Å²) in [6, 6.07) is 8.96. The number of amides is 1. The highest BCUT2D eigenvalue weighted by atomic mass is 35.5. The number of aliphatic carboxylic acids is 1. The van der Waals surface area contributed by atoms with E-state index in [0.29, 0.717) is 5.02 Å². The molecule has 1 heterocycles. The summed E-state index contributed by atoms with van der Waals surface area (Å²) in [7, 11) is 0. The molecular weight excluding hydrogens is 356 g/mol. The second-order valence-corrected chi connectivity index (χ2v) is 6.84. The summed E-state index contributed by atoms with van der Waals surface area (Å²) in [5.74, 6) is -1.43. The van der Waals surface area contributed by atoms with Gasteiger partial charge in [-0.2, -0.15) is 0 Å². The van der Waals surface area contributed by atoms with Crippen molar-refractivity contribution in [1.29, 1.82) is 0 Å². The van der Waals surface area contributed by atoms with Gasteiger partial charge in [0.05, 0.1) is 12.1 Å². The van der Waals surface area contributed by atoms with Crippen molar-refractivity contribution in [1.82, 2.24) is 9.47 Å². The third kappa shape index (κ3) is 3.80. The van der Waals surface area contributed by atoms with Gasteiger partial charge in [-0.05, 0) is 37.5 Å². The van der Waals surface area contributed by atoms with Crippen LogP contribution in [0.1, 0.15) is 35.7 Å². The minimum Gasteiger partial charge on any atom is -0.480 e. The molecule has 7 heteroatoms. The molecule has 0 bridgehead atoms. The van der Waals surface area contributed by atoms with Crippen molar-refractivity contribution >= 4 is 23.5 Å².